The van der Waals surface area contributed by atoms with Crippen LogP contribution in [0.3, 0.4) is 0 Å². The van der Waals surface area contributed by atoms with E-state index >= 15 is 0 Å². The van der Waals surface area contributed by atoms with Crippen LogP contribution in [0.5, 0.6) is 11.5 Å². The van der Waals surface area contributed by atoms with Gasteiger partial charge in [-0.2, -0.15) is 0 Å². The molecule has 0 aliphatic rings. The van der Waals surface area contributed by atoms with Gasteiger partial charge in [0.05, 0.1) is 14.2 Å². The van der Waals surface area contributed by atoms with Crippen LogP contribution in [0.15, 0.2) is 65.9 Å². The third kappa shape index (κ3) is 8.27. The first-order chi connectivity index (χ1) is 15.7. The fourth-order valence-corrected chi connectivity index (χ4v) is 3.46. The van der Waals surface area contributed by atoms with Crippen molar-refractivity contribution in [2.75, 3.05) is 33.9 Å². The number of hydrogen-bond acceptors (Lipinski definition) is 4. The Labute approximate surface area is 213 Å². The van der Waals surface area contributed by atoms with Crippen molar-refractivity contribution < 1.29 is 9.47 Å². The van der Waals surface area contributed by atoms with Crippen LogP contribution in [0.4, 0.5) is 0 Å². The largest absolute Gasteiger partial charge is 0.493 e. The summed E-state index contributed by atoms with van der Waals surface area (Å²) in [5, 5.41) is 6.72. The number of imidazole rings is 1. The van der Waals surface area contributed by atoms with Gasteiger partial charge >= 0.3 is 0 Å². The maximum atomic E-state index is 5.39. The summed E-state index contributed by atoms with van der Waals surface area (Å²) in [4.78, 5) is 9.24. The first kappa shape index (κ1) is 26.5. The van der Waals surface area contributed by atoms with Gasteiger partial charge in [-0.05, 0) is 36.6 Å². The van der Waals surface area contributed by atoms with Crippen LogP contribution in [0.25, 0.3) is 0 Å². The normalized spacial score (nSPS) is 10.9. The van der Waals surface area contributed by atoms with Gasteiger partial charge in [0, 0.05) is 45.0 Å². The van der Waals surface area contributed by atoms with Crippen LogP contribution in [-0.2, 0) is 19.4 Å². The number of nitrogens with one attached hydrogen (secondary N) is 2. The lowest BCUT2D eigenvalue weighted by molar-refractivity contribution is 0.354. The first-order valence-electron chi connectivity index (χ1n) is 11.0. The number of hydrogen-bond donors (Lipinski definition) is 2. The van der Waals surface area contributed by atoms with Crippen LogP contribution in [0.1, 0.15) is 23.9 Å². The van der Waals surface area contributed by atoms with E-state index in [-0.39, 0.29) is 24.0 Å². The second kappa shape index (κ2) is 14.4. The molecule has 2 N–H and O–H groups in total. The molecule has 3 rings (SSSR count). The SMILES string of the molecule is CCNC(=NCCc1nccn1Cc1ccccc1)NCCc1ccc(OC)c(OC)c1.I. The second-order valence-electron chi connectivity index (χ2n) is 7.33. The number of aliphatic imine (C=N–C) groups is 1. The van der Waals surface area contributed by atoms with Gasteiger partial charge in [-0.1, -0.05) is 36.4 Å². The first-order valence-corrected chi connectivity index (χ1v) is 11.0. The van der Waals surface area contributed by atoms with Crippen molar-refractivity contribution in [1.82, 2.24) is 20.2 Å². The molecule has 0 radical (unpaired) electrons. The molecule has 1 aromatic heterocycles. The number of guanidine groups is 1. The molecule has 8 heteroatoms. The van der Waals surface area contributed by atoms with E-state index in [1.807, 2.05) is 30.6 Å². The molecule has 0 aliphatic carbocycles. The molecule has 0 fully saturated rings. The maximum absolute atomic E-state index is 5.39. The van der Waals surface area contributed by atoms with Crippen molar-refractivity contribution in [1.29, 1.82) is 0 Å². The molecule has 178 valence electrons. The third-order valence-electron chi connectivity index (χ3n) is 5.10. The van der Waals surface area contributed by atoms with E-state index < -0.39 is 0 Å². The Kier molecular flexibility index (Phi) is 11.6. The summed E-state index contributed by atoms with van der Waals surface area (Å²) >= 11 is 0. The molecule has 33 heavy (non-hydrogen) atoms. The number of nitrogens with zero attached hydrogens (tertiary/aromatic N) is 3. The number of benzene rings is 2. The topological polar surface area (TPSA) is 72.7 Å². The number of ether oxygens (including phenoxy) is 2. The minimum absolute atomic E-state index is 0. The average molecular weight is 563 g/mol. The Bertz CT molecular complexity index is 991. The quantitative estimate of drug-likeness (QED) is 0.210. The van der Waals surface area contributed by atoms with Crippen LogP contribution in [0.2, 0.25) is 0 Å². The van der Waals surface area contributed by atoms with Crippen LogP contribution in [-0.4, -0.2) is 49.4 Å². The smallest absolute Gasteiger partial charge is 0.191 e. The molecule has 0 spiro atoms. The fourth-order valence-electron chi connectivity index (χ4n) is 3.46. The molecule has 0 bridgehead atoms. The monoisotopic (exact) mass is 563 g/mol. The molecular formula is C25H34IN5O2. The summed E-state index contributed by atoms with van der Waals surface area (Å²) in [6.07, 6.45) is 5.52. The Hall–Kier alpha value is -2.75. The number of methoxy groups -OCH3 is 2. The Morgan fingerprint density at radius 3 is 2.48 bits per heavy atom. The van der Waals surface area contributed by atoms with Crippen LogP contribution in [0, 0.1) is 0 Å². The minimum atomic E-state index is 0. The van der Waals surface area contributed by atoms with Gasteiger partial charge in [-0.3, -0.25) is 4.99 Å². The van der Waals surface area contributed by atoms with E-state index in [0.717, 1.165) is 55.8 Å². The summed E-state index contributed by atoms with van der Waals surface area (Å²) in [5.74, 6) is 3.34. The third-order valence-corrected chi connectivity index (χ3v) is 5.10. The number of rotatable bonds is 11. The predicted octanol–water partition coefficient (Wildman–Crippen LogP) is 3.91. The van der Waals surface area contributed by atoms with Crippen LogP contribution < -0.4 is 20.1 Å². The van der Waals surface area contributed by atoms with Crippen LogP contribution >= 0.6 is 24.0 Å². The highest BCUT2D eigenvalue weighted by atomic mass is 127. The van der Waals surface area contributed by atoms with Gasteiger partial charge in [-0.15, -0.1) is 24.0 Å². The van der Waals surface area contributed by atoms with Gasteiger partial charge in [-0.25, -0.2) is 4.98 Å². The predicted molar refractivity (Wildman–Crippen MR) is 144 cm³/mol. The van der Waals surface area contributed by atoms with E-state index in [9.17, 15) is 0 Å². The molecule has 0 atom stereocenters. The van der Waals surface area contributed by atoms with E-state index in [2.05, 4.69) is 57.4 Å². The maximum Gasteiger partial charge on any atom is 0.191 e. The lowest BCUT2D eigenvalue weighted by atomic mass is 10.1. The summed E-state index contributed by atoms with van der Waals surface area (Å²) in [6.45, 7) is 5.13. The van der Waals surface area contributed by atoms with Gasteiger partial charge in [0.15, 0.2) is 17.5 Å². The van der Waals surface area contributed by atoms with Crippen molar-refractivity contribution in [3.05, 3.63) is 77.9 Å². The summed E-state index contributed by atoms with van der Waals surface area (Å²) in [5.41, 5.74) is 2.44. The summed E-state index contributed by atoms with van der Waals surface area (Å²) < 4.78 is 12.9. The number of halogens is 1. The molecule has 3 aromatic rings. The lowest BCUT2D eigenvalue weighted by Gasteiger charge is -2.13. The summed E-state index contributed by atoms with van der Waals surface area (Å²) in [6, 6.07) is 16.4. The standard InChI is InChI=1S/C25H33N5O2.HI/c1-4-26-25(28-14-12-20-10-11-22(31-2)23(18-20)32-3)29-15-13-24-27-16-17-30(24)19-21-8-6-5-7-9-21;/h5-11,16-18H,4,12-15,19H2,1-3H3,(H2,26,28,29);1H. The van der Waals surface area contributed by atoms with E-state index in [4.69, 9.17) is 14.5 Å². The van der Waals surface area contributed by atoms with E-state index in [1.165, 1.54) is 11.1 Å². The molecule has 0 aliphatic heterocycles. The van der Waals surface area contributed by atoms with Crippen molar-refractivity contribution in [2.24, 2.45) is 4.99 Å². The van der Waals surface area contributed by atoms with Crippen molar-refractivity contribution in [2.45, 2.75) is 26.3 Å². The Balaban J connectivity index is 0.00000385. The fraction of sp³-hybridized carbons (Fsp3) is 0.360. The van der Waals surface area contributed by atoms with Crippen molar-refractivity contribution >= 4 is 29.9 Å². The van der Waals surface area contributed by atoms with Gasteiger partial charge in [0.2, 0.25) is 0 Å². The minimum Gasteiger partial charge on any atom is -0.493 e. The second-order valence-corrected chi connectivity index (χ2v) is 7.33. The molecular weight excluding hydrogens is 529 g/mol. The lowest BCUT2D eigenvalue weighted by Crippen LogP contribution is -2.38. The molecule has 7 nitrogen and oxygen atoms in total. The highest BCUT2D eigenvalue weighted by Gasteiger charge is 2.06. The zero-order valence-corrected chi connectivity index (χ0v) is 21.9. The highest BCUT2D eigenvalue weighted by molar-refractivity contribution is 14.0. The molecule has 0 saturated carbocycles. The molecule has 1 heterocycles. The van der Waals surface area contributed by atoms with Gasteiger partial charge in [0.25, 0.3) is 0 Å². The van der Waals surface area contributed by atoms with Crippen molar-refractivity contribution in [3.8, 4) is 11.5 Å². The van der Waals surface area contributed by atoms with E-state index in [1.54, 1.807) is 14.2 Å². The van der Waals surface area contributed by atoms with Gasteiger partial charge in [0.1, 0.15) is 5.82 Å². The zero-order chi connectivity index (χ0) is 22.6. The van der Waals surface area contributed by atoms with Gasteiger partial charge < -0.3 is 24.7 Å². The number of aromatic nitrogens is 2. The molecule has 0 amide bonds. The van der Waals surface area contributed by atoms with E-state index in [0.29, 0.717) is 6.54 Å². The average Bonchev–Trinajstić information content (AvgIpc) is 3.26. The zero-order valence-electron chi connectivity index (χ0n) is 19.6. The molecule has 0 unspecified atom stereocenters. The molecule has 2 aromatic carbocycles. The molecule has 0 saturated heterocycles. The van der Waals surface area contributed by atoms with Crippen molar-refractivity contribution in [3.63, 3.8) is 0 Å². The Morgan fingerprint density at radius 2 is 1.76 bits per heavy atom. The Morgan fingerprint density at radius 1 is 0.970 bits per heavy atom. The summed E-state index contributed by atoms with van der Waals surface area (Å²) in [7, 11) is 3.30. The highest BCUT2D eigenvalue weighted by Crippen LogP contribution is 2.27.